The first-order chi connectivity index (χ1) is 10.1. The molecule has 5 N–H and O–H groups in total. The molecule has 0 saturated heterocycles. The number of carbonyl (C=O) groups is 1. The lowest BCUT2D eigenvalue weighted by Crippen LogP contribution is -2.26. The second-order valence-electron chi connectivity index (χ2n) is 4.64. The minimum Gasteiger partial charge on any atom is -0.439 e. The molecule has 7 heteroatoms. The van der Waals surface area contributed by atoms with Crippen molar-refractivity contribution in [2.45, 2.75) is 12.5 Å². The van der Waals surface area contributed by atoms with Crippen LogP contribution in [0, 0.1) is 0 Å². The van der Waals surface area contributed by atoms with E-state index in [0.717, 1.165) is 5.56 Å². The van der Waals surface area contributed by atoms with Crippen LogP contribution in [-0.2, 0) is 6.42 Å². The SMILES string of the molecule is Cl.NC(=O)c1ccnc(Oc2ccc(CC(N)CO)cc2)c1. The normalized spacial score (nSPS) is 11.4. The minimum absolute atomic E-state index is 0. The third kappa shape index (κ3) is 5.00. The number of amides is 1. The van der Waals surface area contributed by atoms with Crippen LogP contribution < -0.4 is 16.2 Å². The summed E-state index contributed by atoms with van der Waals surface area (Å²) >= 11 is 0. The van der Waals surface area contributed by atoms with Crippen LogP contribution in [0.2, 0.25) is 0 Å². The highest BCUT2D eigenvalue weighted by Crippen LogP contribution is 2.20. The maximum Gasteiger partial charge on any atom is 0.248 e. The molecule has 0 aliphatic rings. The molecule has 0 radical (unpaired) electrons. The summed E-state index contributed by atoms with van der Waals surface area (Å²) in [6.07, 6.45) is 2.05. The standard InChI is InChI=1S/C15H17N3O3.ClH/c16-12(9-19)7-10-1-3-13(4-2-10)21-14-8-11(15(17)20)5-6-18-14;/h1-6,8,12,19H,7,9,16H2,(H2,17,20);1H. The third-order valence-electron chi connectivity index (χ3n) is 2.90. The molecule has 0 bridgehead atoms. The van der Waals surface area contributed by atoms with Gasteiger partial charge in [-0.3, -0.25) is 4.79 Å². The lowest BCUT2D eigenvalue weighted by molar-refractivity contribution is 0.1000. The largest absolute Gasteiger partial charge is 0.439 e. The van der Waals surface area contributed by atoms with E-state index in [0.29, 0.717) is 23.6 Å². The van der Waals surface area contributed by atoms with Gasteiger partial charge in [0, 0.05) is 23.9 Å². The van der Waals surface area contributed by atoms with Gasteiger partial charge in [0.1, 0.15) is 5.75 Å². The van der Waals surface area contributed by atoms with E-state index in [9.17, 15) is 4.79 Å². The van der Waals surface area contributed by atoms with E-state index in [1.165, 1.54) is 18.3 Å². The summed E-state index contributed by atoms with van der Waals surface area (Å²) in [7, 11) is 0. The molecule has 22 heavy (non-hydrogen) atoms. The fourth-order valence-corrected chi connectivity index (χ4v) is 1.80. The Balaban J connectivity index is 0.00000242. The first-order valence-electron chi connectivity index (χ1n) is 6.47. The predicted octanol–water partition coefficient (Wildman–Crippen LogP) is 1.26. The van der Waals surface area contributed by atoms with Crippen molar-refractivity contribution in [3.63, 3.8) is 0 Å². The molecule has 1 atom stereocenters. The molecule has 0 saturated carbocycles. The first-order valence-corrected chi connectivity index (χ1v) is 6.47. The van der Waals surface area contributed by atoms with Crippen LogP contribution in [0.5, 0.6) is 11.6 Å². The smallest absolute Gasteiger partial charge is 0.248 e. The van der Waals surface area contributed by atoms with Gasteiger partial charge < -0.3 is 21.3 Å². The van der Waals surface area contributed by atoms with Gasteiger partial charge in [-0.1, -0.05) is 12.1 Å². The fraction of sp³-hybridized carbons (Fsp3) is 0.200. The van der Waals surface area contributed by atoms with E-state index in [1.807, 2.05) is 12.1 Å². The van der Waals surface area contributed by atoms with Crippen molar-refractivity contribution in [1.82, 2.24) is 4.98 Å². The number of aliphatic hydroxyl groups excluding tert-OH is 1. The zero-order valence-electron chi connectivity index (χ0n) is 11.8. The Morgan fingerprint density at radius 1 is 1.27 bits per heavy atom. The lowest BCUT2D eigenvalue weighted by atomic mass is 10.1. The number of nitrogens with zero attached hydrogens (tertiary/aromatic N) is 1. The van der Waals surface area contributed by atoms with E-state index in [4.69, 9.17) is 21.3 Å². The van der Waals surface area contributed by atoms with Crippen molar-refractivity contribution in [2.24, 2.45) is 11.5 Å². The molecule has 6 nitrogen and oxygen atoms in total. The Labute approximate surface area is 134 Å². The second-order valence-corrected chi connectivity index (χ2v) is 4.64. The average molecular weight is 324 g/mol. The maximum absolute atomic E-state index is 11.1. The number of benzene rings is 1. The summed E-state index contributed by atoms with van der Waals surface area (Å²) < 4.78 is 5.56. The number of hydrogen-bond donors (Lipinski definition) is 3. The van der Waals surface area contributed by atoms with Gasteiger partial charge in [0.25, 0.3) is 0 Å². The quantitative estimate of drug-likeness (QED) is 0.741. The Hall–Kier alpha value is -2.15. The zero-order chi connectivity index (χ0) is 15.2. The summed E-state index contributed by atoms with van der Waals surface area (Å²) in [6.45, 7) is -0.0535. The van der Waals surface area contributed by atoms with Gasteiger partial charge in [0.2, 0.25) is 11.8 Å². The molecule has 2 rings (SSSR count). The van der Waals surface area contributed by atoms with Gasteiger partial charge in [-0.05, 0) is 30.2 Å². The molecule has 1 unspecified atom stereocenters. The van der Waals surface area contributed by atoms with Crippen molar-refractivity contribution in [3.8, 4) is 11.6 Å². The van der Waals surface area contributed by atoms with Crippen molar-refractivity contribution in [2.75, 3.05) is 6.61 Å². The highest BCUT2D eigenvalue weighted by atomic mass is 35.5. The number of pyridine rings is 1. The van der Waals surface area contributed by atoms with Crippen LogP contribution in [0.4, 0.5) is 0 Å². The van der Waals surface area contributed by atoms with Gasteiger partial charge in [0.15, 0.2) is 0 Å². The van der Waals surface area contributed by atoms with E-state index < -0.39 is 5.91 Å². The van der Waals surface area contributed by atoms with E-state index in [-0.39, 0.29) is 25.1 Å². The van der Waals surface area contributed by atoms with Crippen molar-refractivity contribution in [1.29, 1.82) is 0 Å². The predicted molar refractivity (Wildman–Crippen MR) is 85.3 cm³/mol. The number of aromatic nitrogens is 1. The Morgan fingerprint density at radius 2 is 1.95 bits per heavy atom. The van der Waals surface area contributed by atoms with Crippen molar-refractivity contribution < 1.29 is 14.6 Å². The van der Waals surface area contributed by atoms with E-state index in [2.05, 4.69) is 4.98 Å². The van der Waals surface area contributed by atoms with Crippen LogP contribution in [-0.4, -0.2) is 28.6 Å². The summed E-state index contributed by atoms with van der Waals surface area (Å²) in [5.74, 6) is 0.354. The number of nitrogens with two attached hydrogens (primary N) is 2. The number of hydrogen-bond acceptors (Lipinski definition) is 5. The number of primary amides is 1. The second kappa shape index (κ2) is 8.33. The van der Waals surface area contributed by atoms with Crippen LogP contribution in [0.3, 0.4) is 0 Å². The van der Waals surface area contributed by atoms with Crippen LogP contribution >= 0.6 is 12.4 Å². The molecule has 0 spiro atoms. The molecule has 0 aliphatic carbocycles. The average Bonchev–Trinajstić information content (AvgIpc) is 2.49. The van der Waals surface area contributed by atoms with Gasteiger partial charge in [-0.2, -0.15) is 0 Å². The zero-order valence-corrected chi connectivity index (χ0v) is 12.6. The Bertz CT molecular complexity index is 620. The summed E-state index contributed by atoms with van der Waals surface area (Å²) in [6, 6.07) is 10.0. The first kappa shape index (κ1) is 17.9. The molecule has 2 aromatic rings. The van der Waals surface area contributed by atoms with Crippen LogP contribution in [0.25, 0.3) is 0 Å². The minimum atomic E-state index is -0.532. The highest BCUT2D eigenvalue weighted by Gasteiger charge is 2.06. The number of rotatable bonds is 6. The molecule has 0 fully saturated rings. The number of halogens is 1. The molecular weight excluding hydrogens is 306 g/mol. The van der Waals surface area contributed by atoms with Gasteiger partial charge in [-0.15, -0.1) is 12.4 Å². The number of carbonyl (C=O) groups excluding carboxylic acids is 1. The summed E-state index contributed by atoms with van der Waals surface area (Å²) in [4.78, 5) is 15.1. The van der Waals surface area contributed by atoms with Crippen molar-refractivity contribution in [3.05, 3.63) is 53.7 Å². The topological polar surface area (TPSA) is 111 Å². The third-order valence-corrected chi connectivity index (χ3v) is 2.90. The Morgan fingerprint density at radius 3 is 2.55 bits per heavy atom. The fourth-order valence-electron chi connectivity index (χ4n) is 1.80. The van der Waals surface area contributed by atoms with Crippen LogP contribution in [0.1, 0.15) is 15.9 Å². The molecular formula is C15H18ClN3O3. The molecule has 1 heterocycles. The van der Waals surface area contributed by atoms with Gasteiger partial charge >= 0.3 is 0 Å². The molecule has 1 aromatic carbocycles. The lowest BCUT2D eigenvalue weighted by Gasteiger charge is -2.09. The van der Waals surface area contributed by atoms with E-state index >= 15 is 0 Å². The summed E-state index contributed by atoms with van der Waals surface area (Å²) in [5, 5.41) is 8.92. The van der Waals surface area contributed by atoms with Gasteiger partial charge in [-0.25, -0.2) is 4.98 Å². The summed E-state index contributed by atoms with van der Waals surface area (Å²) in [5.41, 5.74) is 12.2. The monoisotopic (exact) mass is 323 g/mol. The highest BCUT2D eigenvalue weighted by molar-refractivity contribution is 5.92. The van der Waals surface area contributed by atoms with Gasteiger partial charge in [0.05, 0.1) is 6.61 Å². The molecule has 118 valence electrons. The van der Waals surface area contributed by atoms with E-state index in [1.54, 1.807) is 12.1 Å². The maximum atomic E-state index is 11.1. The Kier molecular flexibility index (Phi) is 6.78. The van der Waals surface area contributed by atoms with Crippen molar-refractivity contribution >= 4 is 18.3 Å². The number of aliphatic hydroxyl groups is 1. The number of ether oxygens (including phenoxy) is 1. The molecule has 0 aliphatic heterocycles. The molecule has 1 amide bonds. The molecule has 1 aromatic heterocycles. The van der Waals surface area contributed by atoms with Crippen LogP contribution in [0.15, 0.2) is 42.6 Å².